The van der Waals surface area contributed by atoms with Gasteiger partial charge in [0.2, 0.25) is 11.8 Å². The highest BCUT2D eigenvalue weighted by atomic mass is 16.5. The first-order valence-electron chi connectivity index (χ1n) is 11.8. The fourth-order valence-electron chi connectivity index (χ4n) is 4.94. The van der Waals surface area contributed by atoms with Crippen molar-refractivity contribution < 1.29 is 29.0 Å². The number of carboxylic acid groups (broad SMARTS) is 1. The number of amides is 3. The minimum absolute atomic E-state index is 0.0529. The number of fused-ring (bicyclic) bond motifs is 3. The molecule has 35 heavy (non-hydrogen) atoms. The van der Waals surface area contributed by atoms with E-state index in [4.69, 9.17) is 9.84 Å². The van der Waals surface area contributed by atoms with Crippen LogP contribution in [0.15, 0.2) is 48.5 Å². The molecule has 184 valence electrons. The van der Waals surface area contributed by atoms with Gasteiger partial charge >= 0.3 is 12.1 Å². The van der Waals surface area contributed by atoms with Gasteiger partial charge in [-0.25, -0.2) is 4.79 Å². The number of ether oxygens (including phenoxy) is 1. The van der Waals surface area contributed by atoms with Crippen LogP contribution in [0.25, 0.3) is 11.1 Å². The van der Waals surface area contributed by atoms with Gasteiger partial charge in [-0.3, -0.25) is 14.4 Å². The number of benzene rings is 2. The molecule has 9 heteroatoms. The molecule has 0 spiro atoms. The van der Waals surface area contributed by atoms with Gasteiger partial charge in [0.1, 0.15) is 13.2 Å². The van der Waals surface area contributed by atoms with Gasteiger partial charge in [-0.05, 0) is 35.1 Å². The van der Waals surface area contributed by atoms with Gasteiger partial charge in [0, 0.05) is 12.0 Å². The zero-order valence-corrected chi connectivity index (χ0v) is 19.3. The van der Waals surface area contributed by atoms with Crippen LogP contribution in [0.5, 0.6) is 0 Å². The minimum atomic E-state index is -1.16. The van der Waals surface area contributed by atoms with Crippen LogP contribution < -0.4 is 16.0 Å². The summed E-state index contributed by atoms with van der Waals surface area (Å²) in [7, 11) is 0. The van der Waals surface area contributed by atoms with Gasteiger partial charge in [0.15, 0.2) is 0 Å². The molecule has 0 heterocycles. The van der Waals surface area contributed by atoms with Crippen LogP contribution in [0.1, 0.15) is 42.7 Å². The summed E-state index contributed by atoms with van der Waals surface area (Å²) < 4.78 is 5.62. The quantitative estimate of drug-likeness (QED) is 0.459. The van der Waals surface area contributed by atoms with Crippen LogP contribution in [0.3, 0.4) is 0 Å². The van der Waals surface area contributed by atoms with Crippen LogP contribution in [-0.2, 0) is 19.1 Å². The third-order valence-corrected chi connectivity index (χ3v) is 6.61. The topological polar surface area (TPSA) is 134 Å². The molecule has 0 aromatic heterocycles. The molecule has 9 nitrogen and oxygen atoms in total. The lowest BCUT2D eigenvalue weighted by Crippen LogP contribution is -2.50. The number of carbonyl (C=O) groups is 4. The number of rotatable bonds is 8. The summed E-state index contributed by atoms with van der Waals surface area (Å²) in [4.78, 5) is 47.6. The maximum Gasteiger partial charge on any atom is 0.407 e. The number of carbonyl (C=O) groups excluding carboxylic acids is 3. The van der Waals surface area contributed by atoms with E-state index in [1.54, 1.807) is 0 Å². The second-order valence-corrected chi connectivity index (χ2v) is 8.86. The van der Waals surface area contributed by atoms with Gasteiger partial charge in [-0.15, -0.1) is 0 Å². The molecule has 2 atom stereocenters. The fraction of sp³-hybridized carbons (Fsp3) is 0.385. The van der Waals surface area contributed by atoms with Crippen molar-refractivity contribution in [2.45, 2.75) is 37.6 Å². The predicted molar refractivity (Wildman–Crippen MR) is 128 cm³/mol. The van der Waals surface area contributed by atoms with Crippen LogP contribution in [0, 0.1) is 5.92 Å². The number of aliphatic carboxylic acids is 1. The van der Waals surface area contributed by atoms with E-state index in [0.717, 1.165) is 35.1 Å². The predicted octanol–water partition coefficient (Wildman–Crippen LogP) is 2.40. The van der Waals surface area contributed by atoms with E-state index < -0.39 is 36.5 Å². The zero-order chi connectivity index (χ0) is 24.8. The number of hydrogen-bond acceptors (Lipinski definition) is 5. The lowest BCUT2D eigenvalue weighted by molar-refractivity contribution is -0.137. The third kappa shape index (κ3) is 5.79. The molecule has 1 fully saturated rings. The first kappa shape index (κ1) is 24.3. The van der Waals surface area contributed by atoms with Crippen molar-refractivity contribution in [1.29, 1.82) is 0 Å². The maximum atomic E-state index is 12.7. The average Bonchev–Trinajstić information content (AvgIpc) is 3.19. The Morgan fingerprint density at radius 2 is 1.49 bits per heavy atom. The third-order valence-electron chi connectivity index (χ3n) is 6.61. The molecule has 4 N–H and O–H groups in total. The Hall–Kier alpha value is -3.88. The van der Waals surface area contributed by atoms with Crippen molar-refractivity contribution in [3.63, 3.8) is 0 Å². The van der Waals surface area contributed by atoms with E-state index >= 15 is 0 Å². The Bertz CT molecular complexity index is 1070. The Morgan fingerprint density at radius 3 is 2.14 bits per heavy atom. The van der Waals surface area contributed by atoms with Crippen LogP contribution in [0.4, 0.5) is 4.79 Å². The maximum absolute atomic E-state index is 12.7. The van der Waals surface area contributed by atoms with Gasteiger partial charge in [0.05, 0.1) is 12.5 Å². The first-order valence-corrected chi connectivity index (χ1v) is 11.8. The second kappa shape index (κ2) is 11.0. The number of hydrogen-bond donors (Lipinski definition) is 4. The molecule has 3 amide bonds. The Balaban J connectivity index is 1.32. The minimum Gasteiger partial charge on any atom is -0.480 e. The summed E-state index contributed by atoms with van der Waals surface area (Å²) in [6.07, 6.45) is 2.35. The average molecular weight is 480 g/mol. The van der Waals surface area contributed by atoms with E-state index in [-0.39, 0.29) is 25.0 Å². The Morgan fingerprint density at radius 1 is 0.857 bits per heavy atom. The van der Waals surface area contributed by atoms with E-state index in [1.807, 2.05) is 24.3 Å². The molecule has 2 aliphatic rings. The molecule has 2 aromatic carbocycles. The first-order chi connectivity index (χ1) is 16.9. The zero-order valence-electron chi connectivity index (χ0n) is 19.3. The van der Waals surface area contributed by atoms with Crippen molar-refractivity contribution in [2.75, 3.05) is 19.7 Å². The van der Waals surface area contributed by atoms with Crippen LogP contribution >= 0.6 is 0 Å². The summed E-state index contributed by atoms with van der Waals surface area (Å²) in [5, 5.41) is 16.2. The lowest BCUT2D eigenvalue weighted by Gasteiger charge is -2.31. The molecular formula is C26H29N3O6. The standard InChI is InChI=1S/C26H29N3O6/c30-23(27-14-24(31)32)13-28-25(33)20-11-5-6-12-22(20)29-26(34)35-15-21-18-9-3-1-7-16(18)17-8-2-4-10-19(17)21/h1-4,7-10,20-22H,5-6,11-15H2,(H,27,30)(H,28,33)(H,29,34)(H,31,32)/t20-,22+/m0/s1. The highest BCUT2D eigenvalue weighted by Gasteiger charge is 2.33. The lowest BCUT2D eigenvalue weighted by atomic mass is 9.84. The summed E-state index contributed by atoms with van der Waals surface area (Å²) in [5.74, 6) is -2.64. The smallest absolute Gasteiger partial charge is 0.407 e. The van der Waals surface area contributed by atoms with Crippen molar-refractivity contribution in [1.82, 2.24) is 16.0 Å². The summed E-state index contributed by atoms with van der Waals surface area (Å²) in [5.41, 5.74) is 4.54. The van der Waals surface area contributed by atoms with Gasteiger partial charge < -0.3 is 25.8 Å². The summed E-state index contributed by atoms with van der Waals surface area (Å²) in [6, 6.07) is 15.8. The number of carboxylic acids is 1. The molecule has 4 rings (SSSR count). The molecule has 0 bridgehead atoms. The Kier molecular flexibility index (Phi) is 7.64. The van der Waals surface area contributed by atoms with Crippen molar-refractivity contribution in [3.05, 3.63) is 59.7 Å². The van der Waals surface area contributed by atoms with Crippen molar-refractivity contribution in [2.24, 2.45) is 5.92 Å². The van der Waals surface area contributed by atoms with E-state index in [0.29, 0.717) is 12.8 Å². The van der Waals surface area contributed by atoms with E-state index in [2.05, 4.69) is 40.2 Å². The van der Waals surface area contributed by atoms with E-state index in [9.17, 15) is 19.2 Å². The molecule has 0 unspecified atom stereocenters. The van der Waals surface area contributed by atoms with Gasteiger partial charge in [0.25, 0.3) is 0 Å². The number of alkyl carbamates (subject to hydrolysis) is 1. The highest BCUT2D eigenvalue weighted by Crippen LogP contribution is 2.44. The van der Waals surface area contributed by atoms with Gasteiger partial charge in [-0.1, -0.05) is 61.4 Å². The molecule has 0 saturated heterocycles. The Labute approximate surface area is 203 Å². The normalized spacial score (nSPS) is 18.6. The number of nitrogens with one attached hydrogen (secondary N) is 3. The molecule has 2 aliphatic carbocycles. The fourth-order valence-corrected chi connectivity index (χ4v) is 4.94. The molecule has 0 aliphatic heterocycles. The van der Waals surface area contributed by atoms with Crippen LogP contribution in [-0.4, -0.2) is 54.7 Å². The molecule has 1 saturated carbocycles. The summed E-state index contributed by atoms with van der Waals surface area (Å²) >= 11 is 0. The van der Waals surface area contributed by atoms with E-state index in [1.165, 1.54) is 0 Å². The molecule has 0 radical (unpaired) electrons. The SMILES string of the molecule is O=C(O)CNC(=O)CNC(=O)[C@H]1CCCC[C@H]1NC(=O)OCC1c2ccccc2-c2ccccc21. The molecular weight excluding hydrogens is 450 g/mol. The van der Waals surface area contributed by atoms with Gasteiger partial charge in [-0.2, -0.15) is 0 Å². The monoisotopic (exact) mass is 479 g/mol. The van der Waals surface area contributed by atoms with Crippen LogP contribution in [0.2, 0.25) is 0 Å². The van der Waals surface area contributed by atoms with Crippen molar-refractivity contribution in [3.8, 4) is 11.1 Å². The second-order valence-electron chi connectivity index (χ2n) is 8.86. The molecule has 2 aromatic rings. The van der Waals surface area contributed by atoms with Crippen molar-refractivity contribution >= 4 is 23.9 Å². The largest absolute Gasteiger partial charge is 0.480 e. The summed E-state index contributed by atoms with van der Waals surface area (Å²) in [6.45, 7) is -0.641. The highest BCUT2D eigenvalue weighted by molar-refractivity contribution is 5.88.